The zero-order valence-corrected chi connectivity index (χ0v) is 12.5. The Morgan fingerprint density at radius 1 is 1.30 bits per heavy atom. The minimum Gasteiger partial charge on any atom is -0.497 e. The van der Waals surface area contributed by atoms with Crippen LogP contribution < -0.4 is 10.5 Å². The molecule has 1 fully saturated rings. The van der Waals surface area contributed by atoms with Crippen molar-refractivity contribution in [2.24, 2.45) is 11.7 Å². The van der Waals surface area contributed by atoms with Crippen LogP contribution in [-0.4, -0.2) is 18.3 Å². The second-order valence-corrected chi connectivity index (χ2v) is 5.30. The second-order valence-electron chi connectivity index (χ2n) is 5.30. The number of hydrogen-bond acceptors (Lipinski definition) is 3. The van der Waals surface area contributed by atoms with Crippen LogP contribution in [0.15, 0.2) is 18.2 Å². The molecule has 1 saturated carbocycles. The third-order valence-corrected chi connectivity index (χ3v) is 4.07. The van der Waals surface area contributed by atoms with Crippen LogP contribution in [-0.2, 0) is 0 Å². The Labute approximate surface area is 125 Å². The van der Waals surface area contributed by atoms with Crippen molar-refractivity contribution in [3.63, 3.8) is 0 Å². The number of nitrogens with two attached hydrogens (primary N) is 1. The second kappa shape index (κ2) is 7.81. The number of halogens is 2. The number of methoxy groups -OCH3 is 1. The van der Waals surface area contributed by atoms with E-state index in [1.165, 1.54) is 19.6 Å². The van der Waals surface area contributed by atoms with E-state index in [1.54, 1.807) is 12.1 Å². The van der Waals surface area contributed by atoms with Crippen molar-refractivity contribution < 1.29 is 14.2 Å². The van der Waals surface area contributed by atoms with E-state index in [9.17, 15) is 9.50 Å². The summed E-state index contributed by atoms with van der Waals surface area (Å²) in [7, 11) is 1.49. The average Bonchev–Trinajstić information content (AvgIpc) is 2.46. The molecule has 0 unspecified atom stereocenters. The summed E-state index contributed by atoms with van der Waals surface area (Å²) in [6.45, 7) is 0. The molecule has 0 amide bonds. The number of aliphatic hydroxyl groups excluding tert-OH is 1. The fraction of sp³-hybridized carbons (Fsp3) is 0.600. The number of hydrogen-bond donors (Lipinski definition) is 2. The Kier molecular flexibility index (Phi) is 6.72. The van der Waals surface area contributed by atoms with E-state index in [0.29, 0.717) is 11.3 Å². The molecule has 0 bridgehead atoms. The van der Waals surface area contributed by atoms with Gasteiger partial charge in [0.15, 0.2) is 0 Å². The first-order chi connectivity index (χ1) is 9.13. The molecule has 114 valence electrons. The van der Waals surface area contributed by atoms with Gasteiger partial charge < -0.3 is 15.6 Å². The van der Waals surface area contributed by atoms with Crippen LogP contribution in [0.25, 0.3) is 0 Å². The van der Waals surface area contributed by atoms with Gasteiger partial charge in [-0.3, -0.25) is 0 Å². The van der Waals surface area contributed by atoms with Crippen molar-refractivity contribution >= 4 is 12.4 Å². The van der Waals surface area contributed by atoms with Gasteiger partial charge in [0.05, 0.1) is 19.3 Å². The van der Waals surface area contributed by atoms with Crippen LogP contribution in [0.2, 0.25) is 0 Å². The molecule has 1 aliphatic carbocycles. The van der Waals surface area contributed by atoms with Crippen molar-refractivity contribution in [1.29, 1.82) is 0 Å². The van der Waals surface area contributed by atoms with Crippen molar-refractivity contribution in [2.45, 2.75) is 44.2 Å². The van der Waals surface area contributed by atoms with Gasteiger partial charge in [0.25, 0.3) is 0 Å². The summed E-state index contributed by atoms with van der Waals surface area (Å²) in [5.41, 5.74) is 6.39. The van der Waals surface area contributed by atoms with Gasteiger partial charge in [-0.1, -0.05) is 25.3 Å². The number of rotatable bonds is 4. The highest BCUT2D eigenvalue weighted by Crippen LogP contribution is 2.32. The lowest BCUT2D eigenvalue weighted by molar-refractivity contribution is 0.0607. The maximum atomic E-state index is 13.9. The molecular weight excluding hydrogens is 281 g/mol. The Hall–Kier alpha value is -0.840. The quantitative estimate of drug-likeness (QED) is 0.898. The summed E-state index contributed by atoms with van der Waals surface area (Å²) in [4.78, 5) is 0. The van der Waals surface area contributed by atoms with E-state index >= 15 is 0 Å². The van der Waals surface area contributed by atoms with Crippen molar-refractivity contribution in [2.75, 3.05) is 7.11 Å². The minimum absolute atomic E-state index is 0. The average molecular weight is 304 g/mol. The molecule has 20 heavy (non-hydrogen) atoms. The summed E-state index contributed by atoms with van der Waals surface area (Å²) < 4.78 is 18.9. The van der Waals surface area contributed by atoms with E-state index in [2.05, 4.69) is 0 Å². The third kappa shape index (κ3) is 3.84. The van der Waals surface area contributed by atoms with Crippen LogP contribution in [0.4, 0.5) is 4.39 Å². The van der Waals surface area contributed by atoms with Gasteiger partial charge in [-0.2, -0.15) is 0 Å². The van der Waals surface area contributed by atoms with Gasteiger partial charge in [-0.25, -0.2) is 4.39 Å². The highest BCUT2D eigenvalue weighted by Gasteiger charge is 2.29. The molecule has 1 aromatic rings. The van der Waals surface area contributed by atoms with Crippen molar-refractivity contribution in [3.05, 3.63) is 29.6 Å². The highest BCUT2D eigenvalue weighted by molar-refractivity contribution is 5.85. The first-order valence-electron chi connectivity index (χ1n) is 6.90. The fourth-order valence-corrected chi connectivity index (χ4v) is 2.86. The zero-order chi connectivity index (χ0) is 13.8. The van der Waals surface area contributed by atoms with E-state index in [1.807, 2.05) is 0 Å². The predicted molar refractivity (Wildman–Crippen MR) is 79.7 cm³/mol. The molecular formula is C15H23ClFNO2. The van der Waals surface area contributed by atoms with E-state index in [0.717, 1.165) is 25.7 Å². The number of benzene rings is 1. The highest BCUT2D eigenvalue weighted by atomic mass is 35.5. The SMILES string of the molecule is COc1ccc([C@H](N)[C@H](O)C2CCCCC2)c(F)c1.Cl. The lowest BCUT2D eigenvalue weighted by Gasteiger charge is -2.30. The normalized spacial score (nSPS) is 19.0. The Balaban J connectivity index is 0.00000200. The maximum absolute atomic E-state index is 13.9. The molecule has 2 atom stereocenters. The van der Waals surface area contributed by atoms with Gasteiger partial charge in [0, 0.05) is 11.6 Å². The van der Waals surface area contributed by atoms with Crippen molar-refractivity contribution in [1.82, 2.24) is 0 Å². The van der Waals surface area contributed by atoms with Crippen LogP contribution in [0, 0.1) is 11.7 Å². The molecule has 1 aliphatic rings. The van der Waals surface area contributed by atoms with Gasteiger partial charge in [-0.15, -0.1) is 12.4 Å². The largest absolute Gasteiger partial charge is 0.497 e. The van der Waals surface area contributed by atoms with E-state index < -0.39 is 18.0 Å². The lowest BCUT2D eigenvalue weighted by atomic mass is 9.81. The molecule has 0 saturated heterocycles. The van der Waals surface area contributed by atoms with Gasteiger partial charge in [0.1, 0.15) is 11.6 Å². The molecule has 0 aliphatic heterocycles. The van der Waals surface area contributed by atoms with Crippen molar-refractivity contribution in [3.8, 4) is 5.75 Å². The zero-order valence-electron chi connectivity index (χ0n) is 11.7. The number of aliphatic hydroxyl groups is 1. The molecule has 0 heterocycles. The van der Waals surface area contributed by atoms with Crippen LogP contribution in [0.5, 0.6) is 5.75 Å². The predicted octanol–water partition coefficient (Wildman–Crippen LogP) is 3.20. The minimum atomic E-state index is -0.678. The first-order valence-corrected chi connectivity index (χ1v) is 6.90. The Morgan fingerprint density at radius 2 is 1.95 bits per heavy atom. The molecule has 5 heteroatoms. The molecule has 0 aromatic heterocycles. The summed E-state index contributed by atoms with van der Waals surface area (Å²) in [5, 5.41) is 10.3. The molecule has 2 rings (SSSR count). The Morgan fingerprint density at radius 3 is 2.50 bits per heavy atom. The number of ether oxygens (including phenoxy) is 1. The maximum Gasteiger partial charge on any atom is 0.131 e. The van der Waals surface area contributed by atoms with Gasteiger partial charge in [-0.05, 0) is 24.8 Å². The summed E-state index contributed by atoms with van der Waals surface area (Å²) >= 11 is 0. The molecule has 0 spiro atoms. The molecule has 0 radical (unpaired) electrons. The van der Waals surface area contributed by atoms with Crippen LogP contribution in [0.3, 0.4) is 0 Å². The standard InChI is InChI=1S/C15H22FNO2.ClH/c1-19-11-7-8-12(13(16)9-11)14(17)15(18)10-5-3-2-4-6-10;/h7-10,14-15,18H,2-6,17H2,1H3;1H/t14-,15+;/m0./s1. The monoisotopic (exact) mass is 303 g/mol. The molecule has 1 aromatic carbocycles. The molecule has 3 N–H and O–H groups in total. The topological polar surface area (TPSA) is 55.5 Å². The summed E-state index contributed by atoms with van der Waals surface area (Å²) in [6, 6.07) is 3.91. The lowest BCUT2D eigenvalue weighted by Crippen LogP contribution is -2.34. The first kappa shape index (κ1) is 17.2. The van der Waals surface area contributed by atoms with E-state index in [-0.39, 0.29) is 18.3 Å². The summed E-state index contributed by atoms with van der Waals surface area (Å²) in [6.07, 6.45) is 4.75. The smallest absolute Gasteiger partial charge is 0.131 e. The van der Waals surface area contributed by atoms with Crippen LogP contribution in [0.1, 0.15) is 43.7 Å². The molecule has 3 nitrogen and oxygen atoms in total. The third-order valence-electron chi connectivity index (χ3n) is 4.07. The fourth-order valence-electron chi connectivity index (χ4n) is 2.86. The van der Waals surface area contributed by atoms with E-state index in [4.69, 9.17) is 10.5 Å². The summed E-state index contributed by atoms with van der Waals surface area (Å²) in [5.74, 6) is 0.229. The van der Waals surface area contributed by atoms with Crippen LogP contribution >= 0.6 is 12.4 Å². The van der Waals surface area contributed by atoms with Gasteiger partial charge in [0.2, 0.25) is 0 Å². The van der Waals surface area contributed by atoms with Gasteiger partial charge >= 0.3 is 0 Å². The Bertz CT molecular complexity index is 424.